The second kappa shape index (κ2) is 7.08. The Bertz CT molecular complexity index is 834. The van der Waals surface area contributed by atoms with Crippen LogP contribution in [-0.2, 0) is 30.5 Å². The van der Waals surface area contributed by atoms with Crippen LogP contribution in [0.3, 0.4) is 0 Å². The smallest absolute Gasteiger partial charge is 0.330 e. The van der Waals surface area contributed by atoms with Gasteiger partial charge in [0.2, 0.25) is 11.8 Å². The van der Waals surface area contributed by atoms with Crippen molar-refractivity contribution in [2.24, 2.45) is 0 Å². The number of imide groups is 1. The molecule has 3 amide bonds. The summed E-state index contributed by atoms with van der Waals surface area (Å²) in [7, 11) is 0. The predicted octanol–water partition coefficient (Wildman–Crippen LogP) is 1.53. The molecule has 1 aromatic carbocycles. The largest absolute Gasteiger partial charge is 0.459 e. The number of hydrogen-bond acceptors (Lipinski definition) is 6. The molecule has 3 saturated heterocycles. The number of alkyl halides is 1. The number of fused-ring (bicyclic) bond motifs is 1. The van der Waals surface area contributed by atoms with E-state index in [1.807, 2.05) is 30.3 Å². The van der Waals surface area contributed by atoms with E-state index in [4.69, 9.17) is 16.3 Å². The van der Waals surface area contributed by atoms with E-state index < -0.39 is 34.1 Å². The summed E-state index contributed by atoms with van der Waals surface area (Å²) < 4.78 is 4.69. The van der Waals surface area contributed by atoms with Crippen molar-refractivity contribution in [2.45, 2.75) is 48.6 Å². The molecule has 148 valence electrons. The average molecular weight is 423 g/mol. The van der Waals surface area contributed by atoms with Gasteiger partial charge in [-0.3, -0.25) is 19.3 Å². The maximum atomic E-state index is 12.8. The number of benzene rings is 1. The van der Waals surface area contributed by atoms with E-state index in [0.717, 1.165) is 10.5 Å². The number of amides is 3. The van der Waals surface area contributed by atoms with Crippen molar-refractivity contribution in [1.29, 1.82) is 0 Å². The van der Waals surface area contributed by atoms with Crippen LogP contribution in [0.1, 0.15) is 25.3 Å². The number of likely N-dealkylation sites (tertiary alicyclic amines) is 1. The van der Waals surface area contributed by atoms with Crippen LogP contribution < -0.4 is 0 Å². The Morgan fingerprint density at radius 2 is 1.86 bits per heavy atom. The first-order valence-electron chi connectivity index (χ1n) is 8.99. The highest BCUT2D eigenvalue weighted by atomic mass is 35.5. The van der Waals surface area contributed by atoms with Gasteiger partial charge in [-0.05, 0) is 12.5 Å². The fourth-order valence-corrected chi connectivity index (χ4v) is 5.91. The molecule has 28 heavy (non-hydrogen) atoms. The number of rotatable bonds is 5. The van der Waals surface area contributed by atoms with Crippen molar-refractivity contribution in [3.05, 3.63) is 35.9 Å². The van der Waals surface area contributed by atoms with Crippen molar-refractivity contribution in [2.75, 3.05) is 5.88 Å². The van der Waals surface area contributed by atoms with E-state index in [9.17, 15) is 19.2 Å². The number of hydrogen-bond donors (Lipinski definition) is 0. The van der Waals surface area contributed by atoms with E-state index in [0.29, 0.717) is 0 Å². The van der Waals surface area contributed by atoms with Gasteiger partial charge in [0.05, 0.1) is 4.75 Å². The fourth-order valence-electron chi connectivity index (χ4n) is 3.92. The molecule has 7 nitrogen and oxygen atoms in total. The first kappa shape index (κ1) is 19.3. The summed E-state index contributed by atoms with van der Waals surface area (Å²) in [6.45, 7) is 1.90. The predicted molar refractivity (Wildman–Crippen MR) is 102 cm³/mol. The number of nitrogens with zero attached hydrogens (tertiary/aromatic N) is 2. The minimum absolute atomic E-state index is 0.0957. The van der Waals surface area contributed by atoms with Crippen LogP contribution in [-0.4, -0.2) is 61.6 Å². The van der Waals surface area contributed by atoms with E-state index in [2.05, 4.69) is 0 Å². The average Bonchev–Trinajstić information content (AvgIpc) is 3.17. The lowest BCUT2D eigenvalue weighted by Crippen LogP contribution is -2.71. The normalized spacial score (nSPS) is 31.8. The van der Waals surface area contributed by atoms with Gasteiger partial charge in [0.15, 0.2) is 0 Å². The van der Waals surface area contributed by atoms with Gasteiger partial charge >= 0.3 is 5.97 Å². The van der Waals surface area contributed by atoms with Crippen LogP contribution in [0.2, 0.25) is 0 Å². The molecule has 1 aromatic rings. The van der Waals surface area contributed by atoms with Gasteiger partial charge in [0, 0.05) is 18.7 Å². The number of carbonyl (C=O) groups is 4. The second-order valence-electron chi connectivity index (χ2n) is 7.30. The lowest BCUT2D eigenvalue weighted by Gasteiger charge is -2.46. The molecule has 3 heterocycles. The second-order valence-corrected chi connectivity index (χ2v) is 9.22. The zero-order valence-electron chi connectivity index (χ0n) is 15.2. The molecule has 0 radical (unpaired) electrons. The summed E-state index contributed by atoms with van der Waals surface area (Å²) in [5.41, 5.74) is 0.840. The Labute approximate surface area is 171 Å². The van der Waals surface area contributed by atoms with Crippen LogP contribution >= 0.6 is 23.4 Å². The minimum Gasteiger partial charge on any atom is -0.459 e. The van der Waals surface area contributed by atoms with Crippen LogP contribution in [0.4, 0.5) is 0 Å². The zero-order chi connectivity index (χ0) is 20.1. The molecule has 4 rings (SSSR count). The highest BCUT2D eigenvalue weighted by molar-refractivity contribution is 8.01. The Balaban J connectivity index is 1.53. The summed E-state index contributed by atoms with van der Waals surface area (Å²) in [6.07, 6.45) is 0.241. The van der Waals surface area contributed by atoms with E-state index in [1.165, 1.54) is 16.7 Å². The van der Waals surface area contributed by atoms with Gasteiger partial charge in [0.1, 0.15) is 24.1 Å². The van der Waals surface area contributed by atoms with Crippen molar-refractivity contribution in [1.82, 2.24) is 9.80 Å². The molecular formula is C19H19ClN2O5S. The Morgan fingerprint density at radius 3 is 2.46 bits per heavy atom. The molecule has 0 aliphatic carbocycles. The molecule has 4 atom stereocenters. The quantitative estimate of drug-likeness (QED) is 0.309. The lowest BCUT2D eigenvalue weighted by atomic mass is 9.95. The molecule has 0 bridgehead atoms. The Morgan fingerprint density at radius 1 is 1.21 bits per heavy atom. The van der Waals surface area contributed by atoms with Crippen molar-refractivity contribution < 1.29 is 23.9 Å². The summed E-state index contributed by atoms with van der Waals surface area (Å²) in [5, 5.41) is -0.475. The lowest BCUT2D eigenvalue weighted by molar-refractivity contribution is -0.172. The molecule has 3 aliphatic heterocycles. The standard InChI is InChI=1S/C19H19ClN2O5S/c1-19(10-20)15(18(26)27-9-11-5-3-2-4-6-11)22-16(25)14(17(22)28-19)21-12(23)7-8-13(21)24/h2-6,14-15,17H,7-10H2,1H3. The number of carbonyl (C=O) groups excluding carboxylic acids is 4. The number of thioether (sulfide) groups is 1. The highest BCUT2D eigenvalue weighted by Crippen LogP contribution is 2.53. The molecule has 0 aromatic heterocycles. The van der Waals surface area contributed by atoms with E-state index in [1.54, 1.807) is 6.92 Å². The fraction of sp³-hybridized carbons (Fsp3) is 0.474. The molecule has 0 spiro atoms. The van der Waals surface area contributed by atoms with E-state index >= 15 is 0 Å². The van der Waals surface area contributed by atoms with Gasteiger partial charge in [-0.25, -0.2) is 4.79 Å². The third-order valence-corrected chi connectivity index (χ3v) is 7.73. The van der Waals surface area contributed by atoms with Crippen LogP contribution in [0, 0.1) is 0 Å². The Hall–Kier alpha value is -2.06. The number of ether oxygens (including phenoxy) is 1. The van der Waals surface area contributed by atoms with Gasteiger partial charge in [-0.15, -0.1) is 23.4 Å². The van der Waals surface area contributed by atoms with Crippen LogP contribution in [0.25, 0.3) is 0 Å². The third-order valence-electron chi connectivity index (χ3n) is 5.38. The maximum Gasteiger partial charge on any atom is 0.330 e. The summed E-state index contributed by atoms with van der Waals surface area (Å²) in [4.78, 5) is 52.3. The maximum absolute atomic E-state index is 12.8. The SMILES string of the molecule is CC1(CCl)SC2C(N3C(=O)CCC3=O)C(=O)N2C1C(=O)OCc1ccccc1. The van der Waals surface area contributed by atoms with Gasteiger partial charge in [0.25, 0.3) is 5.91 Å². The Kier molecular flexibility index (Phi) is 4.87. The zero-order valence-corrected chi connectivity index (χ0v) is 16.7. The highest BCUT2D eigenvalue weighted by Gasteiger charge is 2.68. The first-order chi connectivity index (χ1) is 13.4. The van der Waals surface area contributed by atoms with Crippen molar-refractivity contribution in [3.8, 4) is 0 Å². The van der Waals surface area contributed by atoms with Crippen molar-refractivity contribution >= 4 is 47.1 Å². The topological polar surface area (TPSA) is 84.0 Å². The summed E-state index contributed by atoms with van der Waals surface area (Å²) >= 11 is 7.51. The molecule has 0 saturated carbocycles. The number of β-lactam (4-membered cyclic amide) rings is 1. The van der Waals surface area contributed by atoms with Gasteiger partial charge < -0.3 is 9.64 Å². The molecule has 9 heteroatoms. The summed E-state index contributed by atoms with van der Waals surface area (Å²) in [5.74, 6) is -1.50. The van der Waals surface area contributed by atoms with Crippen LogP contribution in [0.15, 0.2) is 30.3 Å². The summed E-state index contributed by atoms with van der Waals surface area (Å²) in [6, 6.07) is 7.53. The van der Waals surface area contributed by atoms with Crippen molar-refractivity contribution in [3.63, 3.8) is 0 Å². The third kappa shape index (κ3) is 2.90. The minimum atomic E-state index is -0.861. The first-order valence-corrected chi connectivity index (χ1v) is 10.4. The monoisotopic (exact) mass is 422 g/mol. The molecule has 4 unspecified atom stereocenters. The van der Waals surface area contributed by atoms with E-state index in [-0.39, 0.29) is 37.1 Å². The van der Waals surface area contributed by atoms with Crippen LogP contribution in [0.5, 0.6) is 0 Å². The number of esters is 1. The number of halogens is 1. The molecule has 0 N–H and O–H groups in total. The van der Waals surface area contributed by atoms with Gasteiger partial charge in [-0.1, -0.05) is 30.3 Å². The van der Waals surface area contributed by atoms with Gasteiger partial charge in [-0.2, -0.15) is 0 Å². The molecule has 3 aliphatic rings. The molecular weight excluding hydrogens is 404 g/mol. The molecule has 3 fully saturated rings.